The maximum Gasteiger partial charge on any atom is 0.160 e. The van der Waals surface area contributed by atoms with Crippen molar-refractivity contribution in [1.29, 1.82) is 0 Å². The Kier molecular flexibility index (Phi) is 3.62. The number of methoxy groups -OCH3 is 1. The molecule has 4 heteroatoms. The summed E-state index contributed by atoms with van der Waals surface area (Å²) in [4.78, 5) is 4.20. The van der Waals surface area contributed by atoms with Gasteiger partial charge < -0.3 is 15.4 Å². The highest BCUT2D eigenvalue weighted by atomic mass is 16.5. The molecule has 0 aromatic carbocycles. The molecule has 0 spiro atoms. The number of ether oxygens (including phenoxy) is 1. The minimum atomic E-state index is 0.767. The van der Waals surface area contributed by atoms with Gasteiger partial charge in [-0.05, 0) is 25.8 Å². The first-order valence-corrected chi connectivity index (χ1v) is 5.77. The molecule has 0 saturated heterocycles. The van der Waals surface area contributed by atoms with Gasteiger partial charge in [-0.15, -0.1) is 0 Å². The summed E-state index contributed by atoms with van der Waals surface area (Å²) in [5.41, 5.74) is 2.02. The molecule has 0 amide bonds. The summed E-state index contributed by atoms with van der Waals surface area (Å²) < 4.78 is 5.25. The van der Waals surface area contributed by atoms with E-state index in [9.17, 15) is 0 Å². The molecule has 16 heavy (non-hydrogen) atoms. The molecule has 1 saturated carbocycles. The Morgan fingerprint density at radius 3 is 2.94 bits per heavy atom. The summed E-state index contributed by atoms with van der Waals surface area (Å²) in [6, 6.07) is 2.78. The predicted molar refractivity (Wildman–Crippen MR) is 65.0 cm³/mol. The first kappa shape index (κ1) is 11.2. The lowest BCUT2D eigenvalue weighted by Crippen LogP contribution is -2.24. The zero-order valence-electron chi connectivity index (χ0n) is 9.92. The number of aryl methyl sites for hydroxylation is 1. The smallest absolute Gasteiger partial charge is 0.160 e. The van der Waals surface area contributed by atoms with Gasteiger partial charge in [0, 0.05) is 24.8 Å². The molecular weight excluding hydrogens is 202 g/mol. The number of hydrogen-bond donors (Lipinski definition) is 2. The van der Waals surface area contributed by atoms with Crippen LogP contribution in [0.15, 0.2) is 12.3 Å². The minimum Gasteiger partial charge on any atom is -0.493 e. The molecule has 0 aliphatic heterocycles. The van der Waals surface area contributed by atoms with Crippen molar-refractivity contribution in [1.82, 2.24) is 10.3 Å². The molecule has 1 fully saturated rings. The van der Waals surface area contributed by atoms with E-state index >= 15 is 0 Å². The molecule has 0 atom stereocenters. The van der Waals surface area contributed by atoms with Gasteiger partial charge in [0.1, 0.15) is 0 Å². The van der Waals surface area contributed by atoms with E-state index in [0.717, 1.165) is 36.3 Å². The normalized spacial score (nSPS) is 14.9. The van der Waals surface area contributed by atoms with E-state index in [1.54, 1.807) is 13.3 Å². The third-order valence-corrected chi connectivity index (χ3v) is 2.67. The quantitative estimate of drug-likeness (QED) is 0.716. The third-order valence-electron chi connectivity index (χ3n) is 2.67. The lowest BCUT2D eigenvalue weighted by Gasteiger charge is -2.11. The summed E-state index contributed by atoms with van der Waals surface area (Å²) in [5.74, 6) is 0.803. The number of rotatable bonds is 6. The van der Waals surface area contributed by atoms with Crippen molar-refractivity contribution in [2.24, 2.45) is 0 Å². The second-order valence-electron chi connectivity index (χ2n) is 4.18. The van der Waals surface area contributed by atoms with Crippen LogP contribution in [0.1, 0.15) is 18.5 Å². The highest BCUT2D eigenvalue weighted by molar-refractivity contribution is 5.55. The van der Waals surface area contributed by atoms with Crippen LogP contribution in [0.25, 0.3) is 0 Å². The largest absolute Gasteiger partial charge is 0.493 e. The van der Waals surface area contributed by atoms with Gasteiger partial charge in [-0.2, -0.15) is 0 Å². The Labute approximate surface area is 96.4 Å². The SMILES string of the molecule is COc1cnc(C)cc1NCCNC1CC1. The van der Waals surface area contributed by atoms with E-state index in [-0.39, 0.29) is 0 Å². The Morgan fingerprint density at radius 2 is 2.25 bits per heavy atom. The van der Waals surface area contributed by atoms with Crippen LogP contribution in [-0.2, 0) is 0 Å². The lowest BCUT2D eigenvalue weighted by atomic mass is 10.3. The average Bonchev–Trinajstić information content (AvgIpc) is 3.08. The summed E-state index contributed by atoms with van der Waals surface area (Å²) in [7, 11) is 1.67. The fourth-order valence-corrected chi connectivity index (χ4v) is 1.61. The molecule has 88 valence electrons. The van der Waals surface area contributed by atoms with Crippen molar-refractivity contribution in [3.05, 3.63) is 18.0 Å². The number of hydrogen-bond acceptors (Lipinski definition) is 4. The van der Waals surface area contributed by atoms with Crippen LogP contribution in [0, 0.1) is 6.92 Å². The molecule has 1 heterocycles. The van der Waals surface area contributed by atoms with E-state index in [0.29, 0.717) is 0 Å². The van der Waals surface area contributed by atoms with Gasteiger partial charge in [0.2, 0.25) is 0 Å². The zero-order chi connectivity index (χ0) is 11.4. The van der Waals surface area contributed by atoms with Crippen LogP contribution in [0.5, 0.6) is 5.75 Å². The van der Waals surface area contributed by atoms with Crippen LogP contribution in [0.4, 0.5) is 5.69 Å². The average molecular weight is 221 g/mol. The number of aromatic nitrogens is 1. The molecule has 1 aliphatic carbocycles. The van der Waals surface area contributed by atoms with Gasteiger partial charge in [-0.1, -0.05) is 0 Å². The summed E-state index contributed by atoms with van der Waals surface area (Å²) in [6.45, 7) is 3.89. The zero-order valence-corrected chi connectivity index (χ0v) is 9.92. The van der Waals surface area contributed by atoms with E-state index in [1.807, 2.05) is 13.0 Å². The van der Waals surface area contributed by atoms with Crippen LogP contribution < -0.4 is 15.4 Å². The Hall–Kier alpha value is -1.29. The summed E-state index contributed by atoms with van der Waals surface area (Å²) in [5, 5.41) is 6.82. The van der Waals surface area contributed by atoms with Crippen molar-refractivity contribution in [3.8, 4) is 5.75 Å². The molecule has 1 aromatic heterocycles. The van der Waals surface area contributed by atoms with Crippen molar-refractivity contribution < 1.29 is 4.74 Å². The molecule has 1 aliphatic rings. The Bertz CT molecular complexity index is 350. The maximum atomic E-state index is 5.25. The number of nitrogens with zero attached hydrogens (tertiary/aromatic N) is 1. The minimum absolute atomic E-state index is 0.767. The van der Waals surface area contributed by atoms with Gasteiger partial charge in [0.15, 0.2) is 5.75 Å². The molecule has 0 unspecified atom stereocenters. The third kappa shape index (κ3) is 3.10. The van der Waals surface area contributed by atoms with Crippen molar-refractivity contribution in [2.75, 3.05) is 25.5 Å². The molecule has 2 rings (SSSR count). The predicted octanol–water partition coefficient (Wildman–Crippen LogP) is 1.56. The van der Waals surface area contributed by atoms with Crippen LogP contribution in [-0.4, -0.2) is 31.2 Å². The van der Waals surface area contributed by atoms with Gasteiger partial charge in [-0.25, -0.2) is 0 Å². The fourth-order valence-electron chi connectivity index (χ4n) is 1.61. The van der Waals surface area contributed by atoms with Gasteiger partial charge in [0.25, 0.3) is 0 Å². The molecule has 0 bridgehead atoms. The second kappa shape index (κ2) is 5.16. The highest BCUT2D eigenvalue weighted by Gasteiger charge is 2.19. The monoisotopic (exact) mass is 221 g/mol. The van der Waals surface area contributed by atoms with Crippen molar-refractivity contribution >= 4 is 5.69 Å². The van der Waals surface area contributed by atoms with Gasteiger partial charge in [-0.3, -0.25) is 4.98 Å². The lowest BCUT2D eigenvalue weighted by molar-refractivity contribution is 0.414. The van der Waals surface area contributed by atoms with E-state index in [4.69, 9.17) is 4.74 Å². The second-order valence-corrected chi connectivity index (χ2v) is 4.18. The summed E-state index contributed by atoms with van der Waals surface area (Å²) in [6.07, 6.45) is 4.42. The number of pyridine rings is 1. The maximum absolute atomic E-state index is 5.25. The molecule has 0 radical (unpaired) electrons. The van der Waals surface area contributed by atoms with Crippen LogP contribution >= 0.6 is 0 Å². The molecule has 2 N–H and O–H groups in total. The first-order chi connectivity index (χ1) is 7.79. The topological polar surface area (TPSA) is 46.2 Å². The van der Waals surface area contributed by atoms with E-state index < -0.39 is 0 Å². The Balaban J connectivity index is 1.83. The van der Waals surface area contributed by atoms with E-state index in [1.165, 1.54) is 12.8 Å². The molecule has 4 nitrogen and oxygen atoms in total. The fraction of sp³-hybridized carbons (Fsp3) is 0.583. The molecular formula is C12H19N3O. The standard InChI is InChI=1S/C12H19N3O/c1-9-7-11(12(16-2)8-15-9)14-6-5-13-10-3-4-10/h7-8,10,13H,3-6H2,1-2H3,(H,14,15). The summed E-state index contributed by atoms with van der Waals surface area (Å²) >= 11 is 0. The van der Waals surface area contributed by atoms with Gasteiger partial charge in [0.05, 0.1) is 19.0 Å². The van der Waals surface area contributed by atoms with E-state index in [2.05, 4.69) is 15.6 Å². The van der Waals surface area contributed by atoms with Crippen LogP contribution in [0.2, 0.25) is 0 Å². The number of nitrogens with one attached hydrogen (secondary N) is 2. The van der Waals surface area contributed by atoms with Crippen molar-refractivity contribution in [3.63, 3.8) is 0 Å². The highest BCUT2D eigenvalue weighted by Crippen LogP contribution is 2.23. The Morgan fingerprint density at radius 1 is 1.44 bits per heavy atom. The van der Waals surface area contributed by atoms with Crippen molar-refractivity contribution in [2.45, 2.75) is 25.8 Å². The number of anilines is 1. The molecule has 1 aromatic rings. The van der Waals surface area contributed by atoms with Crippen LogP contribution in [0.3, 0.4) is 0 Å². The first-order valence-electron chi connectivity index (χ1n) is 5.77. The van der Waals surface area contributed by atoms with Gasteiger partial charge >= 0.3 is 0 Å².